The maximum atomic E-state index is 12.7. The van der Waals surface area contributed by atoms with Crippen molar-refractivity contribution in [3.05, 3.63) is 17.0 Å². The van der Waals surface area contributed by atoms with Crippen LogP contribution in [0.1, 0.15) is 26.0 Å². The molecule has 0 radical (unpaired) electrons. The van der Waals surface area contributed by atoms with Crippen molar-refractivity contribution >= 4 is 17.4 Å². The van der Waals surface area contributed by atoms with E-state index in [0.29, 0.717) is 24.9 Å². The number of rotatable bonds is 2. The van der Waals surface area contributed by atoms with Crippen LogP contribution >= 0.6 is 11.6 Å². The minimum Gasteiger partial charge on any atom is -0.356 e. The third-order valence-electron chi connectivity index (χ3n) is 3.47. The van der Waals surface area contributed by atoms with E-state index in [-0.39, 0.29) is 11.1 Å². The zero-order chi connectivity index (χ0) is 14.2. The highest BCUT2D eigenvalue weighted by atomic mass is 35.5. The van der Waals surface area contributed by atoms with E-state index in [1.807, 2.05) is 4.90 Å². The first-order chi connectivity index (χ1) is 8.77. The minimum absolute atomic E-state index is 0.260. The molecule has 1 unspecified atom stereocenters. The highest BCUT2D eigenvalue weighted by molar-refractivity contribution is 6.28. The summed E-state index contributed by atoms with van der Waals surface area (Å²) < 4.78 is 38.0. The summed E-state index contributed by atoms with van der Waals surface area (Å²) in [5.74, 6) is 1.24. The molecule has 1 saturated heterocycles. The molecule has 7 heteroatoms. The van der Waals surface area contributed by atoms with Gasteiger partial charge in [0.15, 0.2) is 5.69 Å². The average molecular weight is 294 g/mol. The van der Waals surface area contributed by atoms with Crippen molar-refractivity contribution in [3.8, 4) is 0 Å². The molecule has 1 atom stereocenters. The van der Waals surface area contributed by atoms with Crippen molar-refractivity contribution in [1.29, 1.82) is 0 Å². The van der Waals surface area contributed by atoms with Crippen molar-refractivity contribution < 1.29 is 13.2 Å². The van der Waals surface area contributed by atoms with Crippen molar-refractivity contribution in [1.82, 2.24) is 9.97 Å². The van der Waals surface area contributed by atoms with E-state index >= 15 is 0 Å². The van der Waals surface area contributed by atoms with Crippen molar-refractivity contribution in [2.75, 3.05) is 18.0 Å². The van der Waals surface area contributed by atoms with Gasteiger partial charge in [-0.1, -0.05) is 13.8 Å². The Bertz CT molecular complexity index is 462. The van der Waals surface area contributed by atoms with Crippen LogP contribution in [0.25, 0.3) is 0 Å². The molecular formula is C12H15ClF3N3. The van der Waals surface area contributed by atoms with Crippen LogP contribution in [0, 0.1) is 11.8 Å². The Kier molecular flexibility index (Phi) is 3.90. The Morgan fingerprint density at radius 3 is 2.58 bits per heavy atom. The van der Waals surface area contributed by atoms with Gasteiger partial charge in [0.2, 0.25) is 5.28 Å². The lowest BCUT2D eigenvalue weighted by Crippen LogP contribution is -2.23. The molecule has 19 heavy (non-hydrogen) atoms. The summed E-state index contributed by atoms with van der Waals surface area (Å²) in [7, 11) is 0. The molecule has 0 N–H and O–H groups in total. The largest absolute Gasteiger partial charge is 0.433 e. The van der Waals surface area contributed by atoms with Gasteiger partial charge in [0.25, 0.3) is 0 Å². The Balaban J connectivity index is 2.24. The zero-order valence-electron chi connectivity index (χ0n) is 10.7. The third-order valence-corrected chi connectivity index (χ3v) is 3.64. The maximum absolute atomic E-state index is 12.7. The van der Waals surface area contributed by atoms with E-state index in [9.17, 15) is 13.2 Å². The summed E-state index contributed by atoms with van der Waals surface area (Å²) in [5, 5.41) is -0.363. The second-order valence-electron chi connectivity index (χ2n) is 5.12. The molecule has 2 heterocycles. The van der Waals surface area contributed by atoms with Gasteiger partial charge in [-0.3, -0.25) is 0 Å². The van der Waals surface area contributed by atoms with Crippen LogP contribution in [0.2, 0.25) is 5.28 Å². The Morgan fingerprint density at radius 2 is 2.05 bits per heavy atom. The fraction of sp³-hybridized carbons (Fsp3) is 0.667. The standard InChI is InChI=1S/C12H15ClF3N3/c1-7(2)8-3-4-19(6-8)10-5-9(12(14,15)16)17-11(13)18-10/h5,7-8H,3-4,6H2,1-2H3. The monoisotopic (exact) mass is 293 g/mol. The van der Waals surface area contributed by atoms with Gasteiger partial charge in [0, 0.05) is 19.2 Å². The first-order valence-corrected chi connectivity index (χ1v) is 6.52. The molecule has 0 saturated carbocycles. The number of hydrogen-bond donors (Lipinski definition) is 0. The van der Waals surface area contributed by atoms with Gasteiger partial charge in [-0.2, -0.15) is 13.2 Å². The van der Waals surface area contributed by atoms with Crippen molar-refractivity contribution in [2.24, 2.45) is 11.8 Å². The van der Waals surface area contributed by atoms with Gasteiger partial charge in [0.1, 0.15) is 5.82 Å². The van der Waals surface area contributed by atoms with Crippen LogP contribution in [0.15, 0.2) is 6.07 Å². The van der Waals surface area contributed by atoms with Crippen molar-refractivity contribution in [2.45, 2.75) is 26.4 Å². The normalized spacial score (nSPS) is 20.4. The molecular weight excluding hydrogens is 279 g/mol. The first kappa shape index (κ1) is 14.4. The summed E-state index contributed by atoms with van der Waals surface area (Å²) in [6.45, 7) is 5.64. The molecule has 1 aliphatic heterocycles. The minimum atomic E-state index is -4.50. The summed E-state index contributed by atoms with van der Waals surface area (Å²) in [4.78, 5) is 8.98. The van der Waals surface area contributed by atoms with Gasteiger partial charge in [0.05, 0.1) is 0 Å². The van der Waals surface area contributed by atoms with E-state index in [0.717, 1.165) is 12.5 Å². The van der Waals surface area contributed by atoms with Gasteiger partial charge < -0.3 is 4.90 Å². The molecule has 1 aromatic heterocycles. The number of nitrogens with zero attached hydrogens (tertiary/aromatic N) is 3. The number of alkyl halides is 3. The first-order valence-electron chi connectivity index (χ1n) is 6.14. The molecule has 2 rings (SSSR count). The molecule has 0 bridgehead atoms. The Morgan fingerprint density at radius 1 is 1.37 bits per heavy atom. The van der Waals surface area contributed by atoms with Crippen LogP contribution in [0.3, 0.4) is 0 Å². The van der Waals surface area contributed by atoms with Gasteiger partial charge in [-0.05, 0) is 29.9 Å². The lowest BCUT2D eigenvalue weighted by molar-refractivity contribution is -0.141. The SMILES string of the molecule is CC(C)C1CCN(c2cc(C(F)(F)F)nc(Cl)n2)C1. The molecule has 3 nitrogen and oxygen atoms in total. The van der Waals surface area contributed by atoms with Crippen LogP contribution in [0.5, 0.6) is 0 Å². The van der Waals surface area contributed by atoms with Crippen LogP contribution in [-0.2, 0) is 6.18 Å². The van der Waals surface area contributed by atoms with Gasteiger partial charge in [-0.15, -0.1) is 0 Å². The molecule has 0 spiro atoms. The predicted octanol–water partition coefficient (Wildman–Crippen LogP) is 3.63. The van der Waals surface area contributed by atoms with Crippen LogP contribution < -0.4 is 4.90 Å². The van der Waals surface area contributed by atoms with E-state index in [4.69, 9.17) is 11.6 Å². The Labute approximate surface area is 114 Å². The van der Waals surface area contributed by atoms with Crippen molar-refractivity contribution in [3.63, 3.8) is 0 Å². The van der Waals surface area contributed by atoms with Gasteiger partial charge in [-0.25, -0.2) is 9.97 Å². The number of anilines is 1. The maximum Gasteiger partial charge on any atom is 0.433 e. The fourth-order valence-corrected chi connectivity index (χ4v) is 2.43. The predicted molar refractivity (Wildman–Crippen MR) is 67.2 cm³/mol. The van der Waals surface area contributed by atoms with Crippen LogP contribution in [0.4, 0.5) is 19.0 Å². The highest BCUT2D eigenvalue weighted by Gasteiger charge is 2.35. The molecule has 1 aliphatic rings. The summed E-state index contributed by atoms with van der Waals surface area (Å²) >= 11 is 5.58. The molecule has 1 fully saturated rings. The summed E-state index contributed by atoms with van der Waals surface area (Å²) in [6, 6.07) is 0.967. The molecule has 1 aromatic rings. The molecule has 106 valence electrons. The number of aromatic nitrogens is 2. The second kappa shape index (κ2) is 5.15. The third kappa shape index (κ3) is 3.29. The summed E-state index contributed by atoms with van der Waals surface area (Å²) in [6.07, 6.45) is -3.54. The summed E-state index contributed by atoms with van der Waals surface area (Å²) in [5.41, 5.74) is -0.990. The van der Waals surface area contributed by atoms with E-state index in [1.54, 1.807) is 0 Å². The molecule has 0 amide bonds. The Hall–Kier alpha value is -1.04. The second-order valence-corrected chi connectivity index (χ2v) is 5.46. The zero-order valence-corrected chi connectivity index (χ0v) is 11.5. The topological polar surface area (TPSA) is 29.0 Å². The van der Waals surface area contributed by atoms with E-state index in [1.165, 1.54) is 0 Å². The van der Waals surface area contributed by atoms with E-state index < -0.39 is 11.9 Å². The fourth-order valence-electron chi connectivity index (χ4n) is 2.25. The van der Waals surface area contributed by atoms with Crippen LogP contribution in [-0.4, -0.2) is 23.1 Å². The highest BCUT2D eigenvalue weighted by Crippen LogP contribution is 2.33. The average Bonchev–Trinajstić information content (AvgIpc) is 2.76. The van der Waals surface area contributed by atoms with E-state index in [2.05, 4.69) is 23.8 Å². The molecule has 0 aliphatic carbocycles. The lowest BCUT2D eigenvalue weighted by atomic mass is 9.95. The molecule has 0 aromatic carbocycles. The quantitative estimate of drug-likeness (QED) is 0.780. The smallest absolute Gasteiger partial charge is 0.356 e. The number of hydrogen-bond acceptors (Lipinski definition) is 3. The number of halogens is 4. The lowest BCUT2D eigenvalue weighted by Gasteiger charge is -2.20. The van der Waals surface area contributed by atoms with Gasteiger partial charge >= 0.3 is 6.18 Å².